The van der Waals surface area contributed by atoms with E-state index in [-0.39, 0.29) is 17.5 Å². The molecular weight excluding hydrogens is 364 g/mol. The lowest BCUT2D eigenvalue weighted by molar-refractivity contribution is -0.385. The number of carbonyl (C=O) groups is 2. The first-order valence-corrected chi connectivity index (χ1v) is 8.66. The molecule has 0 aliphatic rings. The van der Waals surface area contributed by atoms with Gasteiger partial charge in [-0.25, -0.2) is 4.79 Å². The molecule has 1 amide bonds. The van der Waals surface area contributed by atoms with E-state index in [1.54, 1.807) is 6.07 Å². The molecule has 0 saturated carbocycles. The van der Waals surface area contributed by atoms with Gasteiger partial charge in [-0.05, 0) is 43.5 Å². The summed E-state index contributed by atoms with van der Waals surface area (Å²) >= 11 is 0. The second kappa shape index (κ2) is 9.50. The van der Waals surface area contributed by atoms with Crippen LogP contribution in [0.5, 0.6) is 5.75 Å². The maximum absolute atomic E-state index is 12.0. The molecule has 8 heteroatoms. The topological polar surface area (TPSA) is 108 Å². The number of nitrogens with one attached hydrogen (secondary N) is 1. The maximum atomic E-state index is 12.0. The SMILES string of the molecule is Cc1ccc([C@H](C)NC(=O)COC(=O)COc2ccccc2[N+](=O)[O-])cc1C. The normalized spacial score (nSPS) is 11.4. The number of carbonyl (C=O) groups excluding carboxylic acids is 2. The number of para-hydroxylation sites is 2. The number of esters is 1. The number of nitro benzene ring substituents is 1. The Hall–Kier alpha value is -3.42. The zero-order chi connectivity index (χ0) is 20.7. The van der Waals surface area contributed by atoms with Crippen LogP contribution in [0.15, 0.2) is 42.5 Å². The molecule has 0 spiro atoms. The molecule has 2 aromatic carbocycles. The molecule has 0 aliphatic carbocycles. The van der Waals surface area contributed by atoms with Crippen LogP contribution >= 0.6 is 0 Å². The molecule has 1 N–H and O–H groups in total. The third kappa shape index (κ3) is 5.80. The lowest BCUT2D eigenvalue weighted by Gasteiger charge is -2.16. The molecule has 0 unspecified atom stereocenters. The third-order valence-electron chi connectivity index (χ3n) is 4.18. The number of ether oxygens (including phenoxy) is 2. The number of hydrogen-bond acceptors (Lipinski definition) is 6. The monoisotopic (exact) mass is 386 g/mol. The molecule has 0 saturated heterocycles. The van der Waals surface area contributed by atoms with Gasteiger partial charge in [-0.15, -0.1) is 0 Å². The summed E-state index contributed by atoms with van der Waals surface area (Å²) in [6.45, 7) is 4.83. The molecule has 2 aromatic rings. The largest absolute Gasteiger partial charge is 0.475 e. The Morgan fingerprint density at radius 3 is 2.50 bits per heavy atom. The van der Waals surface area contributed by atoms with Crippen molar-refractivity contribution in [3.05, 3.63) is 69.3 Å². The van der Waals surface area contributed by atoms with Gasteiger partial charge in [-0.2, -0.15) is 0 Å². The van der Waals surface area contributed by atoms with Gasteiger partial charge in [0.2, 0.25) is 0 Å². The van der Waals surface area contributed by atoms with E-state index in [2.05, 4.69) is 5.32 Å². The Balaban J connectivity index is 1.80. The summed E-state index contributed by atoms with van der Waals surface area (Å²) in [7, 11) is 0. The van der Waals surface area contributed by atoms with Crippen molar-refractivity contribution in [3.8, 4) is 5.75 Å². The number of nitro groups is 1. The molecule has 28 heavy (non-hydrogen) atoms. The van der Waals surface area contributed by atoms with E-state index >= 15 is 0 Å². The van der Waals surface area contributed by atoms with Gasteiger partial charge in [0.25, 0.3) is 5.91 Å². The predicted octanol–water partition coefficient (Wildman–Crippen LogP) is 3.01. The summed E-state index contributed by atoms with van der Waals surface area (Å²) < 4.78 is 9.98. The Kier molecular flexibility index (Phi) is 7.08. The first kappa shape index (κ1) is 20.9. The predicted molar refractivity (Wildman–Crippen MR) is 102 cm³/mol. The summed E-state index contributed by atoms with van der Waals surface area (Å²) in [6, 6.07) is 11.3. The first-order chi connectivity index (χ1) is 13.3. The fraction of sp³-hybridized carbons (Fsp3) is 0.300. The number of rotatable bonds is 8. The van der Waals surface area contributed by atoms with Crippen LogP contribution in [0.3, 0.4) is 0 Å². The Morgan fingerprint density at radius 2 is 1.82 bits per heavy atom. The van der Waals surface area contributed by atoms with Gasteiger partial charge in [0.15, 0.2) is 19.0 Å². The highest BCUT2D eigenvalue weighted by Crippen LogP contribution is 2.25. The van der Waals surface area contributed by atoms with Gasteiger partial charge in [-0.1, -0.05) is 30.3 Å². The van der Waals surface area contributed by atoms with Crippen LogP contribution in [0.2, 0.25) is 0 Å². The summed E-state index contributed by atoms with van der Waals surface area (Å²) in [5.41, 5.74) is 2.98. The fourth-order valence-electron chi connectivity index (χ4n) is 2.45. The van der Waals surface area contributed by atoms with Crippen molar-refractivity contribution in [2.45, 2.75) is 26.8 Å². The molecule has 0 fully saturated rings. The van der Waals surface area contributed by atoms with Crippen molar-refractivity contribution in [2.24, 2.45) is 0 Å². The zero-order valence-electron chi connectivity index (χ0n) is 15.9. The van der Waals surface area contributed by atoms with Gasteiger partial charge in [0.1, 0.15) is 0 Å². The van der Waals surface area contributed by atoms with Crippen LogP contribution in [0.4, 0.5) is 5.69 Å². The van der Waals surface area contributed by atoms with Crippen LogP contribution in [0.1, 0.15) is 29.7 Å². The number of hydrogen-bond donors (Lipinski definition) is 1. The van der Waals surface area contributed by atoms with Crippen molar-refractivity contribution in [2.75, 3.05) is 13.2 Å². The van der Waals surface area contributed by atoms with E-state index in [1.807, 2.05) is 39.0 Å². The van der Waals surface area contributed by atoms with Gasteiger partial charge < -0.3 is 14.8 Å². The lowest BCUT2D eigenvalue weighted by Crippen LogP contribution is -2.32. The minimum absolute atomic E-state index is 0.0442. The molecule has 0 bridgehead atoms. The second-order valence-corrected chi connectivity index (χ2v) is 6.31. The minimum Gasteiger partial charge on any atom is -0.475 e. The van der Waals surface area contributed by atoms with E-state index in [1.165, 1.54) is 18.2 Å². The van der Waals surface area contributed by atoms with Crippen LogP contribution in [-0.2, 0) is 14.3 Å². The quantitative estimate of drug-likeness (QED) is 0.424. The Morgan fingerprint density at radius 1 is 1.11 bits per heavy atom. The van der Waals surface area contributed by atoms with E-state index in [4.69, 9.17) is 9.47 Å². The molecule has 148 valence electrons. The molecule has 0 heterocycles. The molecule has 0 aromatic heterocycles. The molecule has 0 aliphatic heterocycles. The van der Waals surface area contributed by atoms with Crippen molar-refractivity contribution >= 4 is 17.6 Å². The minimum atomic E-state index is -0.799. The Labute approximate surface area is 162 Å². The summed E-state index contributed by atoms with van der Waals surface area (Å²) in [5.74, 6) is -1.30. The number of aryl methyl sites for hydroxylation is 2. The van der Waals surface area contributed by atoms with E-state index in [0.717, 1.165) is 16.7 Å². The van der Waals surface area contributed by atoms with Crippen LogP contribution in [-0.4, -0.2) is 30.0 Å². The smallest absolute Gasteiger partial charge is 0.344 e. The van der Waals surface area contributed by atoms with E-state index < -0.39 is 30.0 Å². The summed E-state index contributed by atoms with van der Waals surface area (Å²) in [5, 5.41) is 13.6. The van der Waals surface area contributed by atoms with Gasteiger partial charge >= 0.3 is 11.7 Å². The maximum Gasteiger partial charge on any atom is 0.344 e. The average molecular weight is 386 g/mol. The number of nitrogens with zero attached hydrogens (tertiary/aromatic N) is 1. The molecule has 8 nitrogen and oxygen atoms in total. The van der Waals surface area contributed by atoms with E-state index in [9.17, 15) is 19.7 Å². The highest BCUT2D eigenvalue weighted by Gasteiger charge is 2.16. The zero-order valence-corrected chi connectivity index (χ0v) is 15.9. The van der Waals surface area contributed by atoms with Crippen LogP contribution in [0.25, 0.3) is 0 Å². The van der Waals surface area contributed by atoms with E-state index in [0.29, 0.717) is 0 Å². The lowest BCUT2D eigenvalue weighted by atomic mass is 10.0. The number of benzene rings is 2. The average Bonchev–Trinajstić information content (AvgIpc) is 2.66. The molecular formula is C20H22N2O6. The molecule has 2 rings (SSSR count). The van der Waals surface area contributed by atoms with Crippen LogP contribution in [0, 0.1) is 24.0 Å². The van der Waals surface area contributed by atoms with Crippen molar-refractivity contribution in [1.82, 2.24) is 5.32 Å². The van der Waals surface area contributed by atoms with Crippen LogP contribution < -0.4 is 10.1 Å². The van der Waals surface area contributed by atoms with Gasteiger partial charge in [0, 0.05) is 6.07 Å². The standard InChI is InChI=1S/C20H22N2O6/c1-13-8-9-16(10-14(13)2)15(3)21-19(23)11-28-20(24)12-27-18-7-5-4-6-17(18)22(25)26/h4-10,15H,11-12H2,1-3H3,(H,21,23)/t15-/m0/s1. The summed E-state index contributed by atoms with van der Waals surface area (Å²) in [6.07, 6.45) is 0. The van der Waals surface area contributed by atoms with Crippen molar-refractivity contribution < 1.29 is 24.0 Å². The summed E-state index contributed by atoms with van der Waals surface area (Å²) in [4.78, 5) is 34.0. The highest BCUT2D eigenvalue weighted by atomic mass is 16.6. The second-order valence-electron chi connectivity index (χ2n) is 6.31. The molecule has 0 radical (unpaired) electrons. The molecule has 1 atom stereocenters. The van der Waals surface area contributed by atoms with Crippen molar-refractivity contribution in [3.63, 3.8) is 0 Å². The van der Waals surface area contributed by atoms with Gasteiger partial charge in [0.05, 0.1) is 11.0 Å². The highest BCUT2D eigenvalue weighted by molar-refractivity contribution is 5.81. The Bertz CT molecular complexity index is 881. The van der Waals surface area contributed by atoms with Crippen molar-refractivity contribution in [1.29, 1.82) is 0 Å². The third-order valence-corrected chi connectivity index (χ3v) is 4.18. The first-order valence-electron chi connectivity index (χ1n) is 8.66. The van der Waals surface area contributed by atoms with Gasteiger partial charge in [-0.3, -0.25) is 14.9 Å². The fourth-order valence-corrected chi connectivity index (χ4v) is 2.45. The number of amides is 1.